The largest absolute Gasteiger partial charge is 0.481 e. The summed E-state index contributed by atoms with van der Waals surface area (Å²) in [5.74, 6) is -1.14. The number of non-ortho nitro benzene ring substituents is 1. The number of carbonyl (C=O) groups is 2. The van der Waals surface area contributed by atoms with Gasteiger partial charge in [-0.15, -0.1) is 0 Å². The van der Waals surface area contributed by atoms with Crippen molar-refractivity contribution in [2.45, 2.75) is 25.7 Å². The Morgan fingerprint density at radius 2 is 1.95 bits per heavy atom. The summed E-state index contributed by atoms with van der Waals surface area (Å²) >= 11 is 3.15. The van der Waals surface area contributed by atoms with Crippen molar-refractivity contribution in [2.75, 3.05) is 5.32 Å². The first-order valence-electron chi connectivity index (χ1n) is 5.85. The predicted molar refractivity (Wildman–Crippen MR) is 75.5 cm³/mol. The summed E-state index contributed by atoms with van der Waals surface area (Å²) in [6.45, 7) is 0. The van der Waals surface area contributed by atoms with Gasteiger partial charge in [-0.05, 0) is 34.8 Å². The van der Waals surface area contributed by atoms with Gasteiger partial charge in [0.1, 0.15) is 0 Å². The van der Waals surface area contributed by atoms with Gasteiger partial charge >= 0.3 is 5.97 Å². The van der Waals surface area contributed by atoms with Gasteiger partial charge in [0.2, 0.25) is 5.91 Å². The number of aliphatic carboxylic acids is 1. The van der Waals surface area contributed by atoms with E-state index in [9.17, 15) is 19.7 Å². The minimum Gasteiger partial charge on any atom is -0.481 e. The van der Waals surface area contributed by atoms with E-state index in [1.807, 2.05) is 0 Å². The summed E-state index contributed by atoms with van der Waals surface area (Å²) in [6.07, 6.45) is 1.15. The molecule has 0 aliphatic rings. The van der Waals surface area contributed by atoms with Crippen LogP contribution in [0.15, 0.2) is 22.7 Å². The van der Waals surface area contributed by atoms with Crippen LogP contribution in [0.25, 0.3) is 0 Å². The fourth-order valence-corrected chi connectivity index (χ4v) is 1.96. The lowest BCUT2D eigenvalue weighted by Crippen LogP contribution is -2.11. The molecule has 0 radical (unpaired) electrons. The minimum absolute atomic E-state index is 0.0362. The fourth-order valence-electron chi connectivity index (χ4n) is 1.49. The van der Waals surface area contributed by atoms with Gasteiger partial charge in [-0.2, -0.15) is 0 Å². The van der Waals surface area contributed by atoms with Crippen molar-refractivity contribution >= 4 is 39.2 Å². The Labute approximate surface area is 123 Å². The molecule has 0 aliphatic heterocycles. The average molecular weight is 345 g/mol. The second kappa shape index (κ2) is 7.59. The zero-order chi connectivity index (χ0) is 15.1. The van der Waals surface area contributed by atoms with Crippen molar-refractivity contribution in [1.82, 2.24) is 0 Å². The highest BCUT2D eigenvalue weighted by Gasteiger charge is 2.11. The number of anilines is 1. The summed E-state index contributed by atoms with van der Waals surface area (Å²) in [5, 5.41) is 21.6. The monoisotopic (exact) mass is 344 g/mol. The summed E-state index contributed by atoms with van der Waals surface area (Å²) in [6, 6.07) is 4.04. The fraction of sp³-hybridized carbons (Fsp3) is 0.333. The molecule has 0 fully saturated rings. The van der Waals surface area contributed by atoms with Gasteiger partial charge in [0, 0.05) is 29.4 Å². The molecule has 0 aliphatic carbocycles. The quantitative estimate of drug-likeness (QED) is 0.449. The number of nitro benzene ring substituents is 1. The number of nitrogens with one attached hydrogen (secondary N) is 1. The highest BCUT2D eigenvalue weighted by Crippen LogP contribution is 2.27. The van der Waals surface area contributed by atoms with E-state index in [1.165, 1.54) is 18.2 Å². The molecule has 0 aromatic heterocycles. The molecule has 1 amide bonds. The summed E-state index contributed by atoms with van der Waals surface area (Å²) < 4.78 is 0.422. The van der Waals surface area contributed by atoms with Crippen molar-refractivity contribution in [3.05, 3.63) is 32.8 Å². The third-order valence-electron chi connectivity index (χ3n) is 2.48. The first kappa shape index (κ1) is 16.1. The summed E-state index contributed by atoms with van der Waals surface area (Å²) in [5.41, 5.74) is 0.371. The number of amides is 1. The molecule has 8 heteroatoms. The minimum atomic E-state index is -0.886. The van der Waals surface area contributed by atoms with Gasteiger partial charge in [0.15, 0.2) is 0 Å². The van der Waals surface area contributed by atoms with E-state index in [2.05, 4.69) is 21.2 Å². The van der Waals surface area contributed by atoms with Gasteiger partial charge in [-0.1, -0.05) is 0 Å². The zero-order valence-corrected chi connectivity index (χ0v) is 12.1. The number of unbranched alkanes of at least 4 members (excludes halogenated alkanes) is 1. The maximum Gasteiger partial charge on any atom is 0.303 e. The molecule has 0 spiro atoms. The van der Waals surface area contributed by atoms with Crippen molar-refractivity contribution in [3.8, 4) is 0 Å². The molecule has 1 rings (SSSR count). The van der Waals surface area contributed by atoms with Crippen LogP contribution >= 0.6 is 15.9 Å². The summed E-state index contributed by atoms with van der Waals surface area (Å²) in [4.78, 5) is 32.0. The maximum atomic E-state index is 11.6. The smallest absolute Gasteiger partial charge is 0.303 e. The number of nitro groups is 1. The molecule has 0 saturated heterocycles. The van der Waals surface area contributed by atoms with Gasteiger partial charge in [0.05, 0.1) is 10.6 Å². The second-order valence-electron chi connectivity index (χ2n) is 4.07. The van der Waals surface area contributed by atoms with Crippen molar-refractivity contribution < 1.29 is 19.6 Å². The van der Waals surface area contributed by atoms with Crippen LogP contribution in [0.2, 0.25) is 0 Å². The Bertz CT molecular complexity index is 533. The highest BCUT2D eigenvalue weighted by molar-refractivity contribution is 9.10. The van der Waals surface area contributed by atoms with Crippen LogP contribution in [0.5, 0.6) is 0 Å². The molecule has 0 atom stereocenters. The third kappa shape index (κ3) is 5.35. The van der Waals surface area contributed by atoms with Crippen LogP contribution in [0, 0.1) is 10.1 Å². The first-order valence-corrected chi connectivity index (χ1v) is 6.65. The number of hydrogen-bond donors (Lipinski definition) is 2. The van der Waals surface area contributed by atoms with Gasteiger partial charge < -0.3 is 10.4 Å². The van der Waals surface area contributed by atoms with Gasteiger partial charge in [-0.25, -0.2) is 0 Å². The Morgan fingerprint density at radius 1 is 1.30 bits per heavy atom. The number of carboxylic acid groups (broad SMARTS) is 1. The lowest BCUT2D eigenvalue weighted by Gasteiger charge is -2.07. The molecule has 2 N–H and O–H groups in total. The molecular formula is C12H13BrN2O5. The molecule has 0 bridgehead atoms. The number of hydrogen-bond acceptors (Lipinski definition) is 4. The molecule has 1 aromatic rings. The van der Waals surface area contributed by atoms with Crippen LogP contribution < -0.4 is 5.32 Å². The van der Waals surface area contributed by atoms with Crippen LogP contribution in [-0.2, 0) is 9.59 Å². The van der Waals surface area contributed by atoms with E-state index in [1.54, 1.807) is 0 Å². The first-order chi connectivity index (χ1) is 9.40. The number of carbonyl (C=O) groups excluding carboxylic acids is 1. The van der Waals surface area contributed by atoms with E-state index in [4.69, 9.17) is 5.11 Å². The van der Waals surface area contributed by atoms with Crippen LogP contribution in [0.4, 0.5) is 11.4 Å². The molecule has 7 nitrogen and oxygen atoms in total. The molecule has 1 aromatic carbocycles. The SMILES string of the molecule is O=C(O)CCCCC(=O)Nc1ccc([N+](=O)[O-])cc1Br. The van der Waals surface area contributed by atoms with Crippen LogP contribution in [-0.4, -0.2) is 21.9 Å². The molecule has 108 valence electrons. The summed E-state index contributed by atoms with van der Waals surface area (Å²) in [7, 11) is 0. The van der Waals surface area contributed by atoms with Crippen LogP contribution in [0.3, 0.4) is 0 Å². The predicted octanol–water partition coefficient (Wildman–Crippen LogP) is 2.94. The van der Waals surface area contributed by atoms with E-state index in [0.717, 1.165) is 0 Å². The molecule has 0 unspecified atom stereocenters. The number of rotatable bonds is 7. The lowest BCUT2D eigenvalue weighted by molar-refractivity contribution is -0.384. The second-order valence-corrected chi connectivity index (χ2v) is 4.92. The zero-order valence-electron chi connectivity index (χ0n) is 10.5. The van der Waals surface area contributed by atoms with Gasteiger partial charge in [0.25, 0.3) is 5.69 Å². The topological polar surface area (TPSA) is 110 Å². The lowest BCUT2D eigenvalue weighted by atomic mass is 10.2. The average Bonchev–Trinajstić information content (AvgIpc) is 2.36. The van der Waals surface area contributed by atoms with Crippen LogP contribution in [0.1, 0.15) is 25.7 Å². The Morgan fingerprint density at radius 3 is 2.50 bits per heavy atom. The maximum absolute atomic E-state index is 11.6. The Balaban J connectivity index is 2.50. The molecule has 0 heterocycles. The number of carboxylic acids is 1. The van der Waals surface area contributed by atoms with E-state index >= 15 is 0 Å². The Hall–Kier alpha value is -1.96. The van der Waals surface area contributed by atoms with E-state index in [0.29, 0.717) is 23.0 Å². The van der Waals surface area contributed by atoms with E-state index in [-0.39, 0.29) is 24.4 Å². The molecule has 20 heavy (non-hydrogen) atoms. The molecular weight excluding hydrogens is 332 g/mol. The van der Waals surface area contributed by atoms with Crippen molar-refractivity contribution in [1.29, 1.82) is 0 Å². The number of halogens is 1. The standard InChI is InChI=1S/C12H13BrN2O5/c13-9-7-8(15(19)20)5-6-10(9)14-11(16)3-1-2-4-12(17)18/h5-7H,1-4H2,(H,14,16)(H,17,18). The Kier molecular flexibility index (Phi) is 6.10. The number of nitrogens with zero attached hydrogens (tertiary/aromatic N) is 1. The normalized spacial score (nSPS) is 10.1. The van der Waals surface area contributed by atoms with E-state index < -0.39 is 10.9 Å². The molecule has 0 saturated carbocycles. The van der Waals surface area contributed by atoms with Crippen molar-refractivity contribution in [3.63, 3.8) is 0 Å². The number of benzene rings is 1. The third-order valence-corrected chi connectivity index (χ3v) is 3.14. The van der Waals surface area contributed by atoms with Crippen molar-refractivity contribution in [2.24, 2.45) is 0 Å². The highest BCUT2D eigenvalue weighted by atomic mass is 79.9. The van der Waals surface area contributed by atoms with Gasteiger partial charge in [-0.3, -0.25) is 19.7 Å².